The molecule has 0 radical (unpaired) electrons. The molecule has 1 aliphatic rings. The van der Waals surface area contributed by atoms with Crippen LogP contribution in [0.25, 0.3) is 0 Å². The van der Waals surface area contributed by atoms with Crippen LogP contribution < -0.4 is 5.32 Å². The van der Waals surface area contributed by atoms with Crippen LogP contribution in [0.5, 0.6) is 0 Å². The van der Waals surface area contributed by atoms with Gasteiger partial charge in [-0.1, -0.05) is 6.92 Å². The van der Waals surface area contributed by atoms with Gasteiger partial charge >= 0.3 is 0 Å². The fraction of sp³-hybridized carbons (Fsp3) is 0.700. The molecule has 3 nitrogen and oxygen atoms in total. The van der Waals surface area contributed by atoms with E-state index in [1.54, 1.807) is 6.20 Å². The Balaban J connectivity index is 1.82. The summed E-state index contributed by atoms with van der Waals surface area (Å²) in [7, 11) is 0. The van der Waals surface area contributed by atoms with E-state index in [-0.39, 0.29) is 0 Å². The van der Waals surface area contributed by atoms with Crippen LogP contribution in [0.1, 0.15) is 18.6 Å². The zero-order valence-corrected chi connectivity index (χ0v) is 9.43. The van der Waals surface area contributed by atoms with Gasteiger partial charge in [-0.25, -0.2) is 4.98 Å². The average Bonchev–Trinajstić information content (AvgIpc) is 2.72. The Bertz CT molecular complexity index is 300. The molecular formula is C10H16N2OS. The van der Waals surface area contributed by atoms with Crippen molar-refractivity contribution in [1.29, 1.82) is 0 Å². The van der Waals surface area contributed by atoms with Gasteiger partial charge in [-0.05, 0) is 11.7 Å². The van der Waals surface area contributed by atoms with E-state index in [4.69, 9.17) is 4.42 Å². The van der Waals surface area contributed by atoms with E-state index in [2.05, 4.69) is 17.2 Å². The molecule has 14 heavy (non-hydrogen) atoms. The zero-order chi connectivity index (χ0) is 9.97. The molecule has 0 saturated carbocycles. The number of hydrogen-bond acceptors (Lipinski definition) is 4. The summed E-state index contributed by atoms with van der Waals surface area (Å²) in [6.07, 6.45) is 1.80. The van der Waals surface area contributed by atoms with Crippen molar-refractivity contribution in [3.63, 3.8) is 0 Å². The summed E-state index contributed by atoms with van der Waals surface area (Å²) in [5, 5.41) is 3.51. The molecular weight excluding hydrogens is 196 g/mol. The third kappa shape index (κ3) is 2.30. The fourth-order valence-electron chi connectivity index (χ4n) is 1.64. The smallest absolute Gasteiger partial charge is 0.191 e. The molecule has 4 heteroatoms. The molecule has 78 valence electrons. The van der Waals surface area contributed by atoms with Gasteiger partial charge in [-0.3, -0.25) is 0 Å². The van der Waals surface area contributed by atoms with Crippen molar-refractivity contribution in [3.8, 4) is 0 Å². The molecule has 1 N–H and O–H groups in total. The second-order valence-corrected chi connectivity index (χ2v) is 4.92. The lowest BCUT2D eigenvalue weighted by atomic mass is 10.1. The van der Waals surface area contributed by atoms with Crippen LogP contribution in [0.4, 0.5) is 0 Å². The van der Waals surface area contributed by atoms with Crippen LogP contribution in [-0.2, 0) is 6.54 Å². The molecule has 1 aliphatic heterocycles. The topological polar surface area (TPSA) is 38.1 Å². The summed E-state index contributed by atoms with van der Waals surface area (Å²) in [6, 6.07) is 0.630. The van der Waals surface area contributed by atoms with Crippen molar-refractivity contribution in [2.75, 3.05) is 11.5 Å². The lowest BCUT2D eigenvalue weighted by molar-refractivity contribution is 0.405. The van der Waals surface area contributed by atoms with Crippen molar-refractivity contribution in [3.05, 3.63) is 17.8 Å². The fourth-order valence-corrected chi connectivity index (χ4v) is 3.08. The van der Waals surface area contributed by atoms with E-state index in [9.17, 15) is 0 Å². The van der Waals surface area contributed by atoms with Gasteiger partial charge in [-0.2, -0.15) is 11.8 Å². The van der Waals surface area contributed by atoms with Gasteiger partial charge < -0.3 is 9.73 Å². The summed E-state index contributed by atoms with van der Waals surface area (Å²) in [6.45, 7) is 4.97. The van der Waals surface area contributed by atoms with Crippen molar-refractivity contribution >= 4 is 11.8 Å². The Morgan fingerprint density at radius 3 is 3.07 bits per heavy atom. The van der Waals surface area contributed by atoms with Gasteiger partial charge in [0.15, 0.2) is 5.89 Å². The Labute approximate surface area is 88.7 Å². The SMILES string of the molecule is Cc1ncc(CNC2CSCC2C)o1. The predicted octanol–water partition coefficient (Wildman–Crippen LogP) is 1.82. The van der Waals surface area contributed by atoms with Gasteiger partial charge in [0.1, 0.15) is 5.76 Å². The zero-order valence-electron chi connectivity index (χ0n) is 8.62. The van der Waals surface area contributed by atoms with Crippen LogP contribution in [0.15, 0.2) is 10.6 Å². The minimum atomic E-state index is 0.630. The van der Waals surface area contributed by atoms with E-state index < -0.39 is 0 Å². The summed E-state index contributed by atoms with van der Waals surface area (Å²) in [4.78, 5) is 4.07. The Morgan fingerprint density at radius 2 is 2.50 bits per heavy atom. The van der Waals surface area contributed by atoms with Crippen molar-refractivity contribution in [2.45, 2.75) is 26.4 Å². The number of oxazole rings is 1. The molecule has 2 rings (SSSR count). The first-order chi connectivity index (χ1) is 6.75. The monoisotopic (exact) mass is 212 g/mol. The standard InChI is InChI=1S/C10H16N2OS/c1-7-5-14-6-10(7)12-4-9-3-11-8(2)13-9/h3,7,10,12H,4-6H2,1-2H3. The molecule has 2 heterocycles. The minimum Gasteiger partial charge on any atom is -0.445 e. The molecule has 0 bridgehead atoms. The first-order valence-corrected chi connectivity index (χ1v) is 6.13. The third-order valence-corrected chi connectivity index (χ3v) is 3.93. The van der Waals surface area contributed by atoms with Crippen molar-refractivity contribution in [1.82, 2.24) is 10.3 Å². The minimum absolute atomic E-state index is 0.630. The second kappa shape index (κ2) is 4.36. The Hall–Kier alpha value is -0.480. The number of thioether (sulfide) groups is 1. The van der Waals surface area contributed by atoms with Gasteiger partial charge in [0.05, 0.1) is 12.7 Å². The Kier molecular flexibility index (Phi) is 3.13. The van der Waals surface area contributed by atoms with Crippen LogP contribution in [0.3, 0.4) is 0 Å². The van der Waals surface area contributed by atoms with Crippen molar-refractivity contribution in [2.24, 2.45) is 5.92 Å². The highest BCUT2D eigenvalue weighted by atomic mass is 32.2. The maximum atomic E-state index is 5.40. The van der Waals surface area contributed by atoms with Crippen LogP contribution in [0, 0.1) is 12.8 Å². The molecule has 0 aromatic carbocycles. The van der Waals surface area contributed by atoms with E-state index in [1.165, 1.54) is 11.5 Å². The molecule has 1 fully saturated rings. The van der Waals surface area contributed by atoms with Crippen LogP contribution in [-0.4, -0.2) is 22.5 Å². The Morgan fingerprint density at radius 1 is 1.64 bits per heavy atom. The first kappa shape index (κ1) is 10.1. The number of rotatable bonds is 3. The lowest BCUT2D eigenvalue weighted by Crippen LogP contribution is -2.33. The van der Waals surface area contributed by atoms with Crippen LogP contribution >= 0.6 is 11.8 Å². The quantitative estimate of drug-likeness (QED) is 0.829. The molecule has 2 unspecified atom stereocenters. The molecule has 1 saturated heterocycles. The normalized spacial score (nSPS) is 27.0. The van der Waals surface area contributed by atoms with E-state index in [0.29, 0.717) is 6.04 Å². The summed E-state index contributed by atoms with van der Waals surface area (Å²) < 4.78 is 5.40. The van der Waals surface area contributed by atoms with Gasteiger partial charge in [0, 0.05) is 18.7 Å². The van der Waals surface area contributed by atoms with Gasteiger partial charge in [-0.15, -0.1) is 0 Å². The molecule has 0 amide bonds. The summed E-state index contributed by atoms with van der Waals surface area (Å²) in [5.41, 5.74) is 0. The molecule has 1 aromatic rings. The first-order valence-electron chi connectivity index (χ1n) is 4.98. The number of hydrogen-bond donors (Lipinski definition) is 1. The number of aryl methyl sites for hydroxylation is 1. The third-order valence-electron chi connectivity index (χ3n) is 2.57. The molecule has 0 spiro atoms. The highest BCUT2D eigenvalue weighted by molar-refractivity contribution is 7.99. The summed E-state index contributed by atoms with van der Waals surface area (Å²) in [5.74, 6) is 4.94. The van der Waals surface area contributed by atoms with E-state index in [1.807, 2.05) is 18.7 Å². The highest BCUT2D eigenvalue weighted by Crippen LogP contribution is 2.23. The maximum absolute atomic E-state index is 5.40. The molecule has 2 atom stereocenters. The number of nitrogens with zero attached hydrogens (tertiary/aromatic N) is 1. The van der Waals surface area contributed by atoms with Gasteiger partial charge in [0.2, 0.25) is 0 Å². The summed E-state index contributed by atoms with van der Waals surface area (Å²) >= 11 is 2.02. The van der Waals surface area contributed by atoms with E-state index >= 15 is 0 Å². The lowest BCUT2D eigenvalue weighted by Gasteiger charge is -2.14. The molecule has 0 aliphatic carbocycles. The maximum Gasteiger partial charge on any atom is 0.191 e. The largest absolute Gasteiger partial charge is 0.445 e. The van der Waals surface area contributed by atoms with Crippen LogP contribution in [0.2, 0.25) is 0 Å². The van der Waals surface area contributed by atoms with E-state index in [0.717, 1.165) is 24.1 Å². The average molecular weight is 212 g/mol. The number of aromatic nitrogens is 1. The molecule has 1 aromatic heterocycles. The number of nitrogens with one attached hydrogen (secondary N) is 1. The predicted molar refractivity (Wildman–Crippen MR) is 58.4 cm³/mol. The van der Waals surface area contributed by atoms with Crippen molar-refractivity contribution < 1.29 is 4.42 Å². The van der Waals surface area contributed by atoms with Gasteiger partial charge in [0.25, 0.3) is 0 Å². The second-order valence-electron chi connectivity index (χ2n) is 3.85. The highest BCUT2D eigenvalue weighted by Gasteiger charge is 2.23.